The normalized spacial score (nSPS) is 12.1. The fraction of sp³-hybridized carbons (Fsp3) is 0.103. The van der Waals surface area contributed by atoms with E-state index in [0.717, 1.165) is 5.56 Å². The lowest BCUT2D eigenvalue weighted by molar-refractivity contribution is 0.0949. The molecule has 2 N–H and O–H groups in total. The minimum Gasteiger partial charge on any atom is -0.507 e. The van der Waals surface area contributed by atoms with E-state index in [1.807, 2.05) is 31.3 Å². The molecule has 1 amide bonds. The lowest BCUT2D eigenvalue weighted by atomic mass is 10.2. The summed E-state index contributed by atoms with van der Waals surface area (Å²) in [5, 5.41) is 16.5. The van der Waals surface area contributed by atoms with E-state index in [-0.39, 0.29) is 23.3 Å². The first-order valence-electron chi connectivity index (χ1n) is 11.2. The second-order valence-corrected chi connectivity index (χ2v) is 10.1. The van der Waals surface area contributed by atoms with Crippen LogP contribution in [0.4, 0.5) is 0 Å². The van der Waals surface area contributed by atoms with Gasteiger partial charge in [0.1, 0.15) is 5.75 Å². The summed E-state index contributed by atoms with van der Waals surface area (Å²) in [6.45, 7) is 2.33. The van der Waals surface area contributed by atoms with Crippen molar-refractivity contribution in [2.45, 2.75) is 13.0 Å². The van der Waals surface area contributed by atoms with Crippen LogP contribution in [0.25, 0.3) is 0 Å². The number of phenols is 1. The Bertz CT molecular complexity index is 1220. The van der Waals surface area contributed by atoms with E-state index in [1.165, 1.54) is 22.0 Å². The summed E-state index contributed by atoms with van der Waals surface area (Å²) in [6.07, 6.45) is 1.91. The molecule has 0 spiro atoms. The third-order valence-corrected chi connectivity index (χ3v) is 7.90. The van der Waals surface area contributed by atoms with E-state index >= 15 is 0 Å². The van der Waals surface area contributed by atoms with Crippen molar-refractivity contribution in [1.29, 1.82) is 0 Å². The van der Waals surface area contributed by atoms with Gasteiger partial charge in [0.05, 0.1) is 11.6 Å². The van der Waals surface area contributed by atoms with Crippen molar-refractivity contribution < 1.29 is 9.90 Å². The largest absolute Gasteiger partial charge is 0.507 e. The van der Waals surface area contributed by atoms with Crippen LogP contribution in [-0.4, -0.2) is 29.8 Å². The first-order valence-corrected chi connectivity index (χ1v) is 12.6. The second-order valence-electron chi connectivity index (χ2n) is 7.92. The van der Waals surface area contributed by atoms with Gasteiger partial charge >= 0.3 is 0 Å². The molecule has 34 heavy (non-hydrogen) atoms. The highest BCUT2D eigenvalue weighted by molar-refractivity contribution is 7.80. The molecule has 1 atom stereocenters. The molecule has 0 fully saturated rings. The summed E-state index contributed by atoms with van der Waals surface area (Å²) in [5.41, 5.74) is 1.33. The molecule has 170 valence electrons. The van der Waals surface area contributed by atoms with Gasteiger partial charge in [-0.25, -0.2) is 0 Å². The van der Waals surface area contributed by atoms with Gasteiger partial charge in [-0.1, -0.05) is 97.1 Å². The van der Waals surface area contributed by atoms with Crippen molar-refractivity contribution in [3.63, 3.8) is 0 Å². The Hall–Kier alpha value is -3.75. The SMILES string of the molecule is C[C@H](CNC(=O)c1ccccc1O)N=Cc1ccccc1P(c1ccccc1)c1ccccc1. The molecular weight excluding hydrogens is 439 g/mol. The van der Waals surface area contributed by atoms with Crippen LogP contribution < -0.4 is 21.2 Å². The number of aromatic hydroxyl groups is 1. The number of phenolic OH excluding ortho intramolecular Hbond substituents is 1. The standard InChI is InChI=1S/C29H27N2O2P/c1-22(20-31-29(33)26-17-9-10-18-27(26)32)30-21-23-12-8-11-19-28(23)34(24-13-4-2-5-14-24)25-15-6-3-7-16-25/h2-19,21-22,32H,20H2,1H3,(H,31,33)/t22-/m1/s1. The second kappa shape index (κ2) is 11.4. The Kier molecular flexibility index (Phi) is 7.85. The first kappa shape index (κ1) is 23.4. The third kappa shape index (κ3) is 5.78. The number of rotatable bonds is 8. The van der Waals surface area contributed by atoms with Crippen molar-refractivity contribution >= 4 is 36.0 Å². The van der Waals surface area contributed by atoms with Crippen molar-refractivity contribution in [1.82, 2.24) is 5.32 Å². The highest BCUT2D eigenvalue weighted by atomic mass is 31.1. The van der Waals surface area contributed by atoms with Gasteiger partial charge in [-0.05, 0) is 42.9 Å². The van der Waals surface area contributed by atoms with Crippen LogP contribution in [0.2, 0.25) is 0 Å². The summed E-state index contributed by atoms with van der Waals surface area (Å²) in [4.78, 5) is 17.1. The first-order chi connectivity index (χ1) is 16.6. The predicted octanol–water partition coefficient (Wildman–Crippen LogP) is 4.39. The van der Waals surface area contributed by atoms with Gasteiger partial charge in [0, 0.05) is 18.3 Å². The van der Waals surface area contributed by atoms with Gasteiger partial charge in [-0.15, -0.1) is 0 Å². The average molecular weight is 467 g/mol. The van der Waals surface area contributed by atoms with E-state index in [1.54, 1.807) is 18.2 Å². The number of amides is 1. The zero-order valence-corrected chi connectivity index (χ0v) is 19.9. The summed E-state index contributed by atoms with van der Waals surface area (Å²) in [5.74, 6) is -0.336. The molecule has 4 aromatic rings. The number of hydrogen-bond acceptors (Lipinski definition) is 3. The Labute approximate surface area is 201 Å². The third-order valence-electron chi connectivity index (χ3n) is 5.38. The zero-order valence-electron chi connectivity index (χ0n) is 19.0. The zero-order chi connectivity index (χ0) is 23.8. The molecule has 4 rings (SSSR count). The number of hydrogen-bond donors (Lipinski definition) is 2. The van der Waals surface area contributed by atoms with E-state index in [9.17, 15) is 9.90 Å². The number of nitrogens with one attached hydrogen (secondary N) is 1. The number of carbonyl (C=O) groups is 1. The maximum Gasteiger partial charge on any atom is 0.255 e. The van der Waals surface area contributed by atoms with Gasteiger partial charge in [0.2, 0.25) is 0 Å². The van der Waals surface area contributed by atoms with E-state index in [2.05, 4.69) is 72.0 Å². The number of nitrogens with zero attached hydrogens (tertiary/aromatic N) is 1. The van der Waals surface area contributed by atoms with E-state index in [0.29, 0.717) is 6.54 Å². The Morgan fingerprint density at radius 2 is 1.41 bits per heavy atom. The van der Waals surface area contributed by atoms with Crippen LogP contribution >= 0.6 is 7.92 Å². The smallest absolute Gasteiger partial charge is 0.255 e. The quantitative estimate of drug-likeness (QED) is 0.299. The molecular formula is C29H27N2O2P. The number of aliphatic imine (C=N–C) groups is 1. The minimum atomic E-state index is -0.739. The Morgan fingerprint density at radius 1 is 0.853 bits per heavy atom. The van der Waals surface area contributed by atoms with E-state index in [4.69, 9.17) is 4.99 Å². The maximum absolute atomic E-state index is 12.4. The predicted molar refractivity (Wildman–Crippen MR) is 143 cm³/mol. The van der Waals surface area contributed by atoms with Gasteiger partial charge < -0.3 is 10.4 Å². The van der Waals surface area contributed by atoms with Crippen LogP contribution in [-0.2, 0) is 0 Å². The van der Waals surface area contributed by atoms with Crippen LogP contribution in [0, 0.1) is 0 Å². The lowest BCUT2D eigenvalue weighted by Crippen LogP contribution is -2.30. The van der Waals surface area contributed by atoms with Crippen molar-refractivity contribution in [2.24, 2.45) is 4.99 Å². The molecule has 0 unspecified atom stereocenters. The number of carbonyl (C=O) groups excluding carboxylic acids is 1. The van der Waals surface area contributed by atoms with Crippen LogP contribution in [0.1, 0.15) is 22.8 Å². The van der Waals surface area contributed by atoms with Crippen LogP contribution in [0.15, 0.2) is 114 Å². The van der Waals surface area contributed by atoms with Crippen LogP contribution in [0.5, 0.6) is 5.75 Å². The fourth-order valence-corrected chi connectivity index (χ4v) is 6.06. The topological polar surface area (TPSA) is 61.7 Å². The van der Waals surface area contributed by atoms with Gasteiger partial charge in [-0.3, -0.25) is 9.79 Å². The molecule has 0 saturated carbocycles. The molecule has 4 aromatic carbocycles. The number of para-hydroxylation sites is 1. The molecule has 0 aliphatic carbocycles. The molecule has 0 saturated heterocycles. The summed E-state index contributed by atoms with van der Waals surface area (Å²) in [6, 6.07) is 35.9. The van der Waals surface area contributed by atoms with Crippen molar-refractivity contribution in [2.75, 3.05) is 6.54 Å². The molecule has 0 radical (unpaired) electrons. The summed E-state index contributed by atoms with van der Waals surface area (Å²) >= 11 is 0. The van der Waals surface area contributed by atoms with Gasteiger partial charge in [-0.2, -0.15) is 0 Å². The van der Waals surface area contributed by atoms with E-state index < -0.39 is 7.92 Å². The van der Waals surface area contributed by atoms with Crippen molar-refractivity contribution in [3.05, 3.63) is 120 Å². The molecule has 4 nitrogen and oxygen atoms in total. The monoisotopic (exact) mass is 466 g/mol. The van der Waals surface area contributed by atoms with Gasteiger partial charge in [0.25, 0.3) is 5.91 Å². The summed E-state index contributed by atoms with van der Waals surface area (Å²) < 4.78 is 0. The molecule has 0 heterocycles. The Balaban J connectivity index is 1.54. The van der Waals surface area contributed by atoms with Crippen molar-refractivity contribution in [3.8, 4) is 5.75 Å². The average Bonchev–Trinajstić information content (AvgIpc) is 2.88. The Morgan fingerprint density at radius 3 is 2.06 bits per heavy atom. The number of benzene rings is 4. The highest BCUT2D eigenvalue weighted by Crippen LogP contribution is 2.33. The summed E-state index contributed by atoms with van der Waals surface area (Å²) in [7, 11) is -0.739. The molecule has 0 aliphatic rings. The van der Waals surface area contributed by atoms with Crippen LogP contribution in [0.3, 0.4) is 0 Å². The molecule has 0 aromatic heterocycles. The van der Waals surface area contributed by atoms with Gasteiger partial charge in [0.15, 0.2) is 0 Å². The molecule has 0 aliphatic heterocycles. The minimum absolute atomic E-state index is 0.0275. The fourth-order valence-electron chi connectivity index (χ4n) is 3.64. The highest BCUT2D eigenvalue weighted by Gasteiger charge is 2.18. The molecule has 0 bridgehead atoms. The lowest BCUT2D eigenvalue weighted by Gasteiger charge is -2.21. The maximum atomic E-state index is 12.4. The molecule has 5 heteroatoms.